The van der Waals surface area contributed by atoms with Crippen molar-refractivity contribution in [3.63, 3.8) is 0 Å². The number of amides is 1. The summed E-state index contributed by atoms with van der Waals surface area (Å²) in [6.07, 6.45) is 5.81. The number of hydrogen-bond acceptors (Lipinski definition) is 2. The van der Waals surface area contributed by atoms with Gasteiger partial charge in [-0.15, -0.1) is 0 Å². The molecule has 0 saturated carbocycles. The van der Waals surface area contributed by atoms with E-state index in [1.165, 1.54) is 5.56 Å². The number of pyridine rings is 1. The summed E-state index contributed by atoms with van der Waals surface area (Å²) in [5.74, 6) is 0.505. The van der Waals surface area contributed by atoms with E-state index in [-0.39, 0.29) is 5.91 Å². The third-order valence-corrected chi connectivity index (χ3v) is 4.99. The average molecular weight is 340 g/mol. The smallest absolute Gasteiger partial charge is 0.253 e. The van der Waals surface area contributed by atoms with E-state index in [1.54, 1.807) is 12.1 Å². The number of halogens is 1. The lowest BCUT2D eigenvalue weighted by Gasteiger charge is -2.32. The Morgan fingerprint density at radius 2 is 2.04 bits per heavy atom. The van der Waals surface area contributed by atoms with Crippen molar-refractivity contribution < 1.29 is 4.79 Å². The third-order valence-electron chi connectivity index (χ3n) is 4.76. The van der Waals surface area contributed by atoms with Crippen molar-refractivity contribution in [3.8, 4) is 0 Å². The summed E-state index contributed by atoms with van der Waals surface area (Å²) in [6, 6.07) is 11.1. The number of likely N-dealkylation sites (tertiary alicyclic amines) is 1. The highest BCUT2D eigenvalue weighted by Crippen LogP contribution is 2.32. The number of carbonyl (C=O) groups excluding carboxylic acids is 1. The molecule has 0 aliphatic carbocycles. The molecule has 1 amide bonds. The number of hydrogen-bond donors (Lipinski definition) is 1. The SMILES string of the molecule is O=C(c1cccc(Cl)c1)N1CCC(c2c[nH]c3cccnc23)CC1. The molecule has 0 unspecified atom stereocenters. The maximum atomic E-state index is 12.6. The number of benzene rings is 1. The molecule has 122 valence electrons. The van der Waals surface area contributed by atoms with Crippen LogP contribution < -0.4 is 0 Å². The topological polar surface area (TPSA) is 49.0 Å². The molecule has 1 aliphatic rings. The van der Waals surface area contributed by atoms with Gasteiger partial charge in [-0.05, 0) is 54.7 Å². The van der Waals surface area contributed by atoms with Gasteiger partial charge in [0.05, 0.1) is 11.0 Å². The highest BCUT2D eigenvalue weighted by atomic mass is 35.5. The van der Waals surface area contributed by atoms with Crippen LogP contribution in [-0.2, 0) is 0 Å². The van der Waals surface area contributed by atoms with Crippen LogP contribution in [0.2, 0.25) is 5.02 Å². The Hall–Kier alpha value is -2.33. The molecule has 5 heteroatoms. The van der Waals surface area contributed by atoms with Gasteiger partial charge in [0.25, 0.3) is 5.91 Å². The first-order valence-corrected chi connectivity index (χ1v) is 8.57. The number of rotatable bonds is 2. The zero-order chi connectivity index (χ0) is 16.5. The van der Waals surface area contributed by atoms with Crippen LogP contribution in [-0.4, -0.2) is 33.9 Å². The predicted molar refractivity (Wildman–Crippen MR) is 95.4 cm³/mol. The van der Waals surface area contributed by atoms with E-state index in [0.717, 1.165) is 37.0 Å². The molecule has 1 aromatic carbocycles. The zero-order valence-electron chi connectivity index (χ0n) is 13.2. The first-order valence-electron chi connectivity index (χ1n) is 8.19. The molecule has 0 bridgehead atoms. The summed E-state index contributed by atoms with van der Waals surface area (Å²) in [5.41, 5.74) is 4.05. The predicted octanol–water partition coefficient (Wildman–Crippen LogP) is 4.24. The number of carbonyl (C=O) groups is 1. The number of aromatic amines is 1. The fraction of sp³-hybridized carbons (Fsp3) is 0.263. The highest BCUT2D eigenvalue weighted by Gasteiger charge is 2.26. The van der Waals surface area contributed by atoms with Gasteiger partial charge >= 0.3 is 0 Å². The van der Waals surface area contributed by atoms with Crippen LogP contribution >= 0.6 is 11.6 Å². The summed E-state index contributed by atoms with van der Waals surface area (Å²) in [6.45, 7) is 1.52. The average Bonchev–Trinajstić information content (AvgIpc) is 3.05. The van der Waals surface area contributed by atoms with Crippen LogP contribution in [0.5, 0.6) is 0 Å². The molecule has 4 nitrogen and oxygen atoms in total. The summed E-state index contributed by atoms with van der Waals surface area (Å²) < 4.78 is 0. The normalized spacial score (nSPS) is 15.8. The van der Waals surface area contributed by atoms with Crippen molar-refractivity contribution in [2.24, 2.45) is 0 Å². The van der Waals surface area contributed by atoms with Crippen LogP contribution in [0.4, 0.5) is 0 Å². The fourth-order valence-electron chi connectivity index (χ4n) is 3.48. The summed E-state index contributed by atoms with van der Waals surface area (Å²) >= 11 is 5.99. The Balaban J connectivity index is 1.48. The second-order valence-corrected chi connectivity index (χ2v) is 6.66. The Labute approximate surface area is 145 Å². The zero-order valence-corrected chi connectivity index (χ0v) is 14.0. The lowest BCUT2D eigenvalue weighted by Crippen LogP contribution is -2.37. The molecule has 3 heterocycles. The van der Waals surface area contributed by atoms with Gasteiger partial charge < -0.3 is 9.88 Å². The molecule has 4 rings (SSSR count). The maximum Gasteiger partial charge on any atom is 0.253 e. The van der Waals surface area contributed by atoms with Crippen LogP contribution in [0.3, 0.4) is 0 Å². The fourth-order valence-corrected chi connectivity index (χ4v) is 3.67. The molecule has 24 heavy (non-hydrogen) atoms. The quantitative estimate of drug-likeness (QED) is 0.759. The van der Waals surface area contributed by atoms with Crippen molar-refractivity contribution in [2.75, 3.05) is 13.1 Å². The summed E-state index contributed by atoms with van der Waals surface area (Å²) in [7, 11) is 0. The van der Waals surface area contributed by atoms with E-state index in [0.29, 0.717) is 16.5 Å². The van der Waals surface area contributed by atoms with Crippen LogP contribution in [0.25, 0.3) is 11.0 Å². The molecular weight excluding hydrogens is 322 g/mol. The molecule has 2 aromatic heterocycles. The second kappa shape index (κ2) is 6.29. The van der Waals surface area contributed by atoms with Gasteiger partial charge in [-0.1, -0.05) is 17.7 Å². The molecule has 1 fully saturated rings. The molecule has 0 atom stereocenters. The molecule has 0 radical (unpaired) electrons. The number of nitrogens with one attached hydrogen (secondary N) is 1. The standard InChI is InChI=1S/C19H18ClN3O/c20-15-4-1-3-14(11-15)19(24)23-9-6-13(7-10-23)16-12-22-17-5-2-8-21-18(16)17/h1-5,8,11-13,22H,6-7,9-10H2. The summed E-state index contributed by atoms with van der Waals surface area (Å²) in [5, 5.41) is 0.598. The highest BCUT2D eigenvalue weighted by molar-refractivity contribution is 6.30. The number of H-pyrrole nitrogens is 1. The molecule has 0 spiro atoms. The molecule has 1 aliphatic heterocycles. The lowest BCUT2D eigenvalue weighted by atomic mass is 9.90. The molecule has 1 N–H and O–H groups in total. The van der Waals surface area contributed by atoms with Gasteiger partial charge in [0.15, 0.2) is 0 Å². The molecule has 3 aromatic rings. The van der Waals surface area contributed by atoms with E-state index in [4.69, 9.17) is 11.6 Å². The Bertz CT molecular complexity index is 881. The van der Waals surface area contributed by atoms with E-state index in [2.05, 4.69) is 16.2 Å². The first-order chi connectivity index (χ1) is 11.7. The van der Waals surface area contributed by atoms with Crippen molar-refractivity contribution in [1.82, 2.24) is 14.9 Å². The maximum absolute atomic E-state index is 12.6. The van der Waals surface area contributed by atoms with E-state index in [1.807, 2.05) is 35.4 Å². The van der Waals surface area contributed by atoms with Crippen LogP contribution in [0.1, 0.15) is 34.7 Å². The lowest BCUT2D eigenvalue weighted by molar-refractivity contribution is 0.0713. The van der Waals surface area contributed by atoms with Gasteiger partial charge in [0, 0.05) is 36.1 Å². The van der Waals surface area contributed by atoms with E-state index < -0.39 is 0 Å². The minimum atomic E-state index is 0.0630. The Morgan fingerprint density at radius 1 is 1.21 bits per heavy atom. The number of fused-ring (bicyclic) bond motifs is 1. The van der Waals surface area contributed by atoms with Gasteiger partial charge in [0.1, 0.15) is 0 Å². The minimum absolute atomic E-state index is 0.0630. The number of aromatic nitrogens is 2. The van der Waals surface area contributed by atoms with Crippen molar-refractivity contribution in [1.29, 1.82) is 0 Å². The van der Waals surface area contributed by atoms with Gasteiger partial charge in [-0.3, -0.25) is 9.78 Å². The molecular formula is C19H18ClN3O. The van der Waals surface area contributed by atoms with Gasteiger partial charge in [-0.2, -0.15) is 0 Å². The molecule has 1 saturated heterocycles. The number of piperidine rings is 1. The number of nitrogens with zero attached hydrogens (tertiary/aromatic N) is 2. The van der Waals surface area contributed by atoms with Crippen molar-refractivity contribution in [3.05, 3.63) is 64.9 Å². The minimum Gasteiger partial charge on any atom is -0.360 e. The van der Waals surface area contributed by atoms with Crippen LogP contribution in [0, 0.1) is 0 Å². The monoisotopic (exact) mass is 339 g/mol. The first kappa shape index (κ1) is 15.2. The van der Waals surface area contributed by atoms with Crippen molar-refractivity contribution in [2.45, 2.75) is 18.8 Å². The Kier molecular flexibility index (Phi) is 3.98. The van der Waals surface area contributed by atoms with Gasteiger partial charge in [-0.25, -0.2) is 0 Å². The largest absolute Gasteiger partial charge is 0.360 e. The van der Waals surface area contributed by atoms with E-state index in [9.17, 15) is 4.79 Å². The van der Waals surface area contributed by atoms with E-state index >= 15 is 0 Å². The summed E-state index contributed by atoms with van der Waals surface area (Å²) in [4.78, 5) is 22.3. The van der Waals surface area contributed by atoms with Gasteiger partial charge in [0.2, 0.25) is 0 Å². The third kappa shape index (κ3) is 2.78. The second-order valence-electron chi connectivity index (χ2n) is 6.22. The van der Waals surface area contributed by atoms with Crippen LogP contribution in [0.15, 0.2) is 48.8 Å². The van der Waals surface area contributed by atoms with Crippen molar-refractivity contribution >= 4 is 28.5 Å². The Morgan fingerprint density at radius 3 is 2.83 bits per heavy atom.